The maximum atomic E-state index is 12.5. The van der Waals surface area contributed by atoms with Crippen LogP contribution in [0, 0.1) is 0 Å². The van der Waals surface area contributed by atoms with E-state index in [1.54, 1.807) is 0 Å². The van der Waals surface area contributed by atoms with Gasteiger partial charge in [-0.15, -0.1) is 24.8 Å². The van der Waals surface area contributed by atoms with Gasteiger partial charge >= 0.3 is 6.55 Å². The molecule has 5 nitrogen and oxygen atoms in total. The quantitative estimate of drug-likeness (QED) is 0.675. The normalized spacial score (nSPS) is 9.90. The van der Waals surface area contributed by atoms with E-state index < -0.39 is 6.55 Å². The molecule has 0 spiro atoms. The lowest BCUT2D eigenvalue weighted by Gasteiger charge is -2.07. The average molecular weight is 347 g/mol. The maximum absolute atomic E-state index is 12.5. The highest BCUT2D eigenvalue weighted by atomic mass is 35.5. The molecule has 124 valence electrons. The van der Waals surface area contributed by atoms with Crippen molar-refractivity contribution in [2.45, 2.75) is 45.2 Å². The molecule has 0 unspecified atom stereocenters. The Labute approximate surface area is 135 Å². The smallest absolute Gasteiger partial charge is 0.319 e. The van der Waals surface area contributed by atoms with E-state index in [0.29, 0.717) is 13.0 Å². The van der Waals surface area contributed by atoms with E-state index in [0.717, 1.165) is 30.3 Å². The predicted molar refractivity (Wildman–Crippen MR) is 82.0 cm³/mol. The fraction of sp³-hybridized carbons (Fsp3) is 0.667. The lowest BCUT2D eigenvalue weighted by molar-refractivity contribution is -0.121. The molecule has 9 heteroatoms. The summed E-state index contributed by atoms with van der Waals surface area (Å²) in [6.45, 7) is -1.94. The van der Waals surface area contributed by atoms with Crippen LogP contribution >= 0.6 is 24.8 Å². The molecule has 21 heavy (non-hydrogen) atoms. The van der Waals surface area contributed by atoms with Crippen LogP contribution in [0.5, 0.6) is 0 Å². The molecule has 0 atom stereocenters. The van der Waals surface area contributed by atoms with Gasteiger partial charge in [0, 0.05) is 18.8 Å². The summed E-state index contributed by atoms with van der Waals surface area (Å²) in [4.78, 5) is 15.3. The Morgan fingerprint density at radius 2 is 1.95 bits per heavy atom. The molecule has 1 aromatic rings. The Morgan fingerprint density at radius 1 is 1.29 bits per heavy atom. The number of carbonyl (C=O) groups excluding carboxylic acids is 1. The summed E-state index contributed by atoms with van der Waals surface area (Å²) in [6.07, 6.45) is 6.61. The van der Waals surface area contributed by atoms with Crippen molar-refractivity contribution in [1.82, 2.24) is 14.9 Å². The van der Waals surface area contributed by atoms with Crippen LogP contribution in [0.3, 0.4) is 0 Å². The monoisotopic (exact) mass is 346 g/mol. The molecule has 0 fully saturated rings. The Kier molecular flexibility index (Phi) is 13.6. The van der Waals surface area contributed by atoms with Crippen molar-refractivity contribution >= 4 is 30.7 Å². The van der Waals surface area contributed by atoms with Crippen molar-refractivity contribution in [3.63, 3.8) is 0 Å². The number of amides is 1. The minimum atomic E-state index is -2.63. The van der Waals surface area contributed by atoms with Crippen LogP contribution < -0.4 is 11.1 Å². The summed E-state index contributed by atoms with van der Waals surface area (Å²) in [7, 11) is 0. The van der Waals surface area contributed by atoms with E-state index >= 15 is 0 Å². The summed E-state index contributed by atoms with van der Waals surface area (Å²) in [5, 5.41) is 2.59. The Morgan fingerprint density at radius 3 is 2.57 bits per heavy atom. The van der Waals surface area contributed by atoms with Crippen LogP contribution in [0.2, 0.25) is 0 Å². The molecule has 0 aliphatic heterocycles. The summed E-state index contributed by atoms with van der Waals surface area (Å²) < 4.78 is 25.8. The third-order valence-electron chi connectivity index (χ3n) is 2.76. The minimum absolute atomic E-state index is 0. The number of hydrogen-bond donors (Lipinski definition) is 2. The minimum Gasteiger partial charge on any atom is -0.349 e. The van der Waals surface area contributed by atoms with Crippen LogP contribution in [0.15, 0.2) is 12.4 Å². The Hall–Kier alpha value is -0.920. The lowest BCUT2D eigenvalue weighted by atomic mass is 10.1. The van der Waals surface area contributed by atoms with Gasteiger partial charge in [-0.25, -0.2) is 4.98 Å². The van der Waals surface area contributed by atoms with Gasteiger partial charge in [0.2, 0.25) is 5.91 Å². The summed E-state index contributed by atoms with van der Waals surface area (Å²) >= 11 is 0. The molecule has 0 aromatic carbocycles. The molecule has 0 aliphatic rings. The first-order valence-electron chi connectivity index (χ1n) is 6.41. The summed E-state index contributed by atoms with van der Waals surface area (Å²) in [5.74, 6) is 0.0167. The summed E-state index contributed by atoms with van der Waals surface area (Å²) in [6, 6.07) is 0. The molecule has 1 heterocycles. The van der Waals surface area contributed by atoms with E-state index in [1.165, 1.54) is 12.4 Å². The SMILES string of the molecule is Cl.Cl.NCCCCCCC(=O)NCc1nccn1C(F)F. The molecule has 0 saturated carbocycles. The molecule has 0 aliphatic carbocycles. The number of hydrogen-bond acceptors (Lipinski definition) is 3. The van der Waals surface area contributed by atoms with E-state index in [2.05, 4.69) is 10.3 Å². The highest BCUT2D eigenvalue weighted by molar-refractivity contribution is 5.85. The van der Waals surface area contributed by atoms with Crippen LogP contribution in [-0.4, -0.2) is 22.0 Å². The van der Waals surface area contributed by atoms with Crippen molar-refractivity contribution in [3.8, 4) is 0 Å². The maximum Gasteiger partial charge on any atom is 0.319 e. The molecular weight excluding hydrogens is 325 g/mol. The van der Waals surface area contributed by atoms with Crippen molar-refractivity contribution in [2.75, 3.05) is 6.54 Å². The van der Waals surface area contributed by atoms with Gasteiger partial charge in [0.15, 0.2) is 0 Å². The van der Waals surface area contributed by atoms with Crippen molar-refractivity contribution in [1.29, 1.82) is 0 Å². The van der Waals surface area contributed by atoms with Gasteiger partial charge in [-0.05, 0) is 19.4 Å². The Bertz CT molecular complexity index is 391. The van der Waals surface area contributed by atoms with Gasteiger partial charge in [-0.2, -0.15) is 8.78 Å². The van der Waals surface area contributed by atoms with Crippen molar-refractivity contribution < 1.29 is 13.6 Å². The first-order valence-corrected chi connectivity index (χ1v) is 6.41. The van der Waals surface area contributed by atoms with Gasteiger partial charge in [0.05, 0.1) is 6.54 Å². The number of carbonyl (C=O) groups is 1. The topological polar surface area (TPSA) is 72.9 Å². The van der Waals surface area contributed by atoms with Crippen LogP contribution in [0.25, 0.3) is 0 Å². The van der Waals surface area contributed by atoms with E-state index in [-0.39, 0.29) is 43.1 Å². The largest absolute Gasteiger partial charge is 0.349 e. The average Bonchev–Trinajstić information content (AvgIpc) is 2.84. The van der Waals surface area contributed by atoms with Crippen molar-refractivity contribution in [2.24, 2.45) is 5.73 Å². The first-order chi connectivity index (χ1) is 9.15. The number of nitrogens with zero attached hydrogens (tertiary/aromatic N) is 2. The van der Waals surface area contributed by atoms with Gasteiger partial charge in [0.25, 0.3) is 0 Å². The number of aromatic nitrogens is 2. The number of rotatable bonds is 9. The highest BCUT2D eigenvalue weighted by Crippen LogP contribution is 2.12. The highest BCUT2D eigenvalue weighted by Gasteiger charge is 2.11. The zero-order chi connectivity index (χ0) is 14.1. The first kappa shape index (κ1) is 22.4. The molecule has 3 N–H and O–H groups in total. The number of halogens is 4. The van der Waals surface area contributed by atoms with E-state index in [1.807, 2.05) is 0 Å². The number of imidazole rings is 1. The van der Waals surface area contributed by atoms with Crippen LogP contribution in [0.4, 0.5) is 8.78 Å². The number of alkyl halides is 2. The standard InChI is InChI=1S/C12H20F2N4O.2ClH/c13-12(14)18-8-7-16-10(18)9-17-11(19)5-3-1-2-4-6-15;;/h7-8,12H,1-6,9,15H2,(H,17,19);2*1H. The molecule has 1 rings (SSSR count). The Balaban J connectivity index is 0. The second kappa shape index (κ2) is 12.8. The zero-order valence-electron chi connectivity index (χ0n) is 11.6. The van der Waals surface area contributed by atoms with E-state index in [9.17, 15) is 13.6 Å². The second-order valence-corrected chi connectivity index (χ2v) is 4.26. The predicted octanol–water partition coefficient (Wildman–Crippen LogP) is 2.65. The lowest BCUT2D eigenvalue weighted by Crippen LogP contribution is -2.24. The second-order valence-electron chi connectivity index (χ2n) is 4.26. The molecule has 0 saturated heterocycles. The van der Waals surface area contributed by atoms with E-state index in [4.69, 9.17) is 5.73 Å². The molecule has 1 amide bonds. The molecule has 0 radical (unpaired) electrons. The molecule has 0 bridgehead atoms. The van der Waals surface area contributed by atoms with Gasteiger partial charge < -0.3 is 11.1 Å². The third-order valence-corrected chi connectivity index (χ3v) is 2.76. The van der Waals surface area contributed by atoms with Gasteiger partial charge in [-0.3, -0.25) is 9.36 Å². The van der Waals surface area contributed by atoms with Crippen LogP contribution in [0.1, 0.15) is 44.5 Å². The fourth-order valence-electron chi connectivity index (χ4n) is 1.71. The molecule has 1 aromatic heterocycles. The number of nitrogens with two attached hydrogens (primary N) is 1. The van der Waals surface area contributed by atoms with Gasteiger partial charge in [0.1, 0.15) is 5.82 Å². The zero-order valence-corrected chi connectivity index (χ0v) is 13.3. The summed E-state index contributed by atoms with van der Waals surface area (Å²) in [5.41, 5.74) is 5.36. The van der Waals surface area contributed by atoms with Gasteiger partial charge in [-0.1, -0.05) is 12.8 Å². The number of nitrogens with one attached hydrogen (secondary N) is 1. The van der Waals surface area contributed by atoms with Crippen LogP contribution in [-0.2, 0) is 11.3 Å². The third kappa shape index (κ3) is 8.85. The fourth-order valence-corrected chi connectivity index (χ4v) is 1.71. The van der Waals surface area contributed by atoms with Crippen molar-refractivity contribution in [3.05, 3.63) is 18.2 Å². The number of unbranched alkanes of at least 4 members (excludes halogenated alkanes) is 3. The molecular formula is C12H22Cl2F2N4O.